The fraction of sp³-hybridized carbons (Fsp3) is 0.529. The molecule has 1 aliphatic rings. The minimum atomic E-state index is -0.249. The summed E-state index contributed by atoms with van der Waals surface area (Å²) in [7, 11) is 0. The van der Waals surface area contributed by atoms with Crippen molar-refractivity contribution < 1.29 is 4.79 Å². The molecule has 1 aromatic rings. The molecule has 1 fully saturated rings. The molecule has 21 heavy (non-hydrogen) atoms. The van der Waals surface area contributed by atoms with Crippen molar-refractivity contribution in [1.82, 2.24) is 4.90 Å². The molecule has 0 bridgehead atoms. The number of amides is 1. The second-order valence-electron chi connectivity index (χ2n) is 5.80. The Morgan fingerprint density at radius 3 is 3.00 bits per heavy atom. The van der Waals surface area contributed by atoms with Crippen LogP contribution in [-0.2, 0) is 11.2 Å². The smallest absolute Gasteiger partial charge is 0.225 e. The molecule has 2 atom stereocenters. The molecular formula is C17H23N3O. The third-order valence-corrected chi connectivity index (χ3v) is 4.20. The van der Waals surface area contributed by atoms with Gasteiger partial charge in [-0.25, -0.2) is 0 Å². The Morgan fingerprint density at radius 2 is 2.29 bits per heavy atom. The van der Waals surface area contributed by atoms with Crippen LogP contribution in [0.2, 0.25) is 0 Å². The van der Waals surface area contributed by atoms with Crippen LogP contribution in [0.3, 0.4) is 0 Å². The predicted molar refractivity (Wildman–Crippen MR) is 82.4 cm³/mol. The number of carbonyl (C=O) groups is 1. The zero-order valence-corrected chi connectivity index (χ0v) is 12.6. The number of nitrogens with zero attached hydrogens (tertiary/aromatic N) is 2. The Kier molecular flexibility index (Phi) is 5.35. The zero-order chi connectivity index (χ0) is 15.2. The SMILES string of the molecule is Cc1ccccc1CCC(N)CC(=O)N1CCC[C@H]1C#N. The Balaban J connectivity index is 1.82. The van der Waals surface area contributed by atoms with Gasteiger partial charge in [-0.2, -0.15) is 5.26 Å². The maximum absolute atomic E-state index is 12.2. The highest BCUT2D eigenvalue weighted by Crippen LogP contribution is 2.18. The van der Waals surface area contributed by atoms with E-state index in [1.54, 1.807) is 4.90 Å². The molecule has 0 spiro atoms. The number of likely N-dealkylation sites (tertiary alicyclic amines) is 1. The van der Waals surface area contributed by atoms with E-state index < -0.39 is 0 Å². The molecule has 4 heteroatoms. The van der Waals surface area contributed by atoms with E-state index in [-0.39, 0.29) is 18.0 Å². The van der Waals surface area contributed by atoms with Gasteiger partial charge in [0.15, 0.2) is 0 Å². The van der Waals surface area contributed by atoms with Crippen molar-refractivity contribution in [2.24, 2.45) is 5.73 Å². The van der Waals surface area contributed by atoms with Gasteiger partial charge in [0.1, 0.15) is 6.04 Å². The minimum Gasteiger partial charge on any atom is -0.327 e. The molecule has 1 aromatic carbocycles. The van der Waals surface area contributed by atoms with Crippen LogP contribution in [0, 0.1) is 18.3 Å². The average molecular weight is 285 g/mol. The van der Waals surface area contributed by atoms with Crippen LogP contribution in [0.25, 0.3) is 0 Å². The van der Waals surface area contributed by atoms with Gasteiger partial charge in [-0.15, -0.1) is 0 Å². The summed E-state index contributed by atoms with van der Waals surface area (Å²) in [5, 5.41) is 9.03. The van der Waals surface area contributed by atoms with Crippen LogP contribution < -0.4 is 5.73 Å². The molecule has 0 saturated carbocycles. The van der Waals surface area contributed by atoms with E-state index in [1.165, 1.54) is 11.1 Å². The summed E-state index contributed by atoms with van der Waals surface area (Å²) in [6.45, 7) is 2.79. The number of rotatable bonds is 5. The van der Waals surface area contributed by atoms with Gasteiger partial charge in [0.2, 0.25) is 5.91 Å². The second kappa shape index (κ2) is 7.24. The van der Waals surface area contributed by atoms with E-state index >= 15 is 0 Å². The highest BCUT2D eigenvalue weighted by molar-refractivity contribution is 5.77. The van der Waals surface area contributed by atoms with E-state index in [0.717, 1.165) is 25.7 Å². The lowest BCUT2D eigenvalue weighted by atomic mass is 10.00. The standard InChI is InChI=1S/C17H23N3O/c1-13-5-2-3-6-14(13)8-9-15(19)11-17(21)20-10-4-7-16(20)12-18/h2-3,5-6,15-16H,4,7-11,19H2,1H3/t15?,16-/m0/s1. The van der Waals surface area contributed by atoms with Gasteiger partial charge in [0.25, 0.3) is 0 Å². The number of aryl methyl sites for hydroxylation is 2. The van der Waals surface area contributed by atoms with Crippen molar-refractivity contribution >= 4 is 5.91 Å². The number of hydrogen-bond donors (Lipinski definition) is 1. The van der Waals surface area contributed by atoms with Crippen LogP contribution in [0.1, 0.15) is 36.8 Å². The Hall–Kier alpha value is -1.86. The lowest BCUT2D eigenvalue weighted by Crippen LogP contribution is -2.38. The van der Waals surface area contributed by atoms with Crippen molar-refractivity contribution in [2.45, 2.75) is 51.1 Å². The third kappa shape index (κ3) is 4.05. The number of hydrogen-bond acceptors (Lipinski definition) is 3. The van der Waals surface area contributed by atoms with E-state index in [9.17, 15) is 4.79 Å². The Morgan fingerprint density at radius 1 is 1.52 bits per heavy atom. The van der Waals surface area contributed by atoms with Crippen LogP contribution in [0.5, 0.6) is 0 Å². The van der Waals surface area contributed by atoms with Gasteiger partial charge in [0.05, 0.1) is 6.07 Å². The first kappa shape index (κ1) is 15.5. The van der Waals surface area contributed by atoms with Gasteiger partial charge in [-0.1, -0.05) is 24.3 Å². The highest BCUT2D eigenvalue weighted by atomic mass is 16.2. The van der Waals surface area contributed by atoms with Crippen LogP contribution >= 0.6 is 0 Å². The molecular weight excluding hydrogens is 262 g/mol. The summed E-state index contributed by atoms with van der Waals surface area (Å²) in [6.07, 6.45) is 3.73. The molecule has 2 N–H and O–H groups in total. The Bertz CT molecular complexity index is 535. The van der Waals surface area contributed by atoms with Crippen molar-refractivity contribution in [3.8, 4) is 6.07 Å². The molecule has 2 rings (SSSR count). The maximum Gasteiger partial charge on any atom is 0.225 e. The summed E-state index contributed by atoms with van der Waals surface area (Å²) in [6, 6.07) is 10.1. The normalized spacial score (nSPS) is 19.3. The van der Waals surface area contributed by atoms with E-state index in [1.807, 2.05) is 12.1 Å². The molecule has 0 aliphatic carbocycles. The fourth-order valence-electron chi connectivity index (χ4n) is 2.87. The molecule has 1 unspecified atom stereocenters. The lowest BCUT2D eigenvalue weighted by molar-refractivity contribution is -0.131. The summed E-state index contributed by atoms with van der Waals surface area (Å²) in [5.41, 5.74) is 8.65. The number of nitrogens with two attached hydrogens (primary N) is 1. The minimum absolute atomic E-state index is 0.0244. The molecule has 1 amide bonds. The van der Waals surface area contributed by atoms with Crippen LogP contribution in [0.4, 0.5) is 0 Å². The van der Waals surface area contributed by atoms with Crippen molar-refractivity contribution in [2.75, 3.05) is 6.54 Å². The van der Waals surface area contributed by atoms with Gasteiger partial charge >= 0.3 is 0 Å². The summed E-state index contributed by atoms with van der Waals surface area (Å²) in [4.78, 5) is 13.9. The summed E-state index contributed by atoms with van der Waals surface area (Å²) in [5.74, 6) is 0.0244. The van der Waals surface area contributed by atoms with E-state index in [0.29, 0.717) is 13.0 Å². The molecule has 0 aromatic heterocycles. The third-order valence-electron chi connectivity index (χ3n) is 4.20. The van der Waals surface area contributed by atoms with Crippen molar-refractivity contribution in [3.05, 3.63) is 35.4 Å². The molecule has 1 heterocycles. The summed E-state index contributed by atoms with van der Waals surface area (Å²) >= 11 is 0. The van der Waals surface area contributed by atoms with Crippen molar-refractivity contribution in [3.63, 3.8) is 0 Å². The maximum atomic E-state index is 12.2. The first-order valence-corrected chi connectivity index (χ1v) is 7.61. The van der Waals surface area contributed by atoms with Crippen LogP contribution in [-0.4, -0.2) is 29.4 Å². The van der Waals surface area contributed by atoms with Crippen molar-refractivity contribution in [1.29, 1.82) is 5.26 Å². The molecule has 112 valence electrons. The largest absolute Gasteiger partial charge is 0.327 e. The molecule has 1 aliphatic heterocycles. The average Bonchev–Trinajstić information content (AvgIpc) is 2.95. The lowest BCUT2D eigenvalue weighted by Gasteiger charge is -2.21. The first-order valence-electron chi connectivity index (χ1n) is 7.61. The van der Waals surface area contributed by atoms with Gasteiger partial charge in [-0.3, -0.25) is 4.79 Å². The number of nitriles is 1. The van der Waals surface area contributed by atoms with E-state index in [2.05, 4.69) is 25.1 Å². The highest BCUT2D eigenvalue weighted by Gasteiger charge is 2.29. The van der Waals surface area contributed by atoms with Gasteiger partial charge < -0.3 is 10.6 Å². The molecule has 0 radical (unpaired) electrons. The quantitative estimate of drug-likeness (QED) is 0.901. The molecule has 1 saturated heterocycles. The molecule has 4 nitrogen and oxygen atoms in total. The Labute approximate surface area is 126 Å². The fourth-order valence-corrected chi connectivity index (χ4v) is 2.87. The van der Waals surface area contributed by atoms with Gasteiger partial charge in [0, 0.05) is 19.0 Å². The zero-order valence-electron chi connectivity index (χ0n) is 12.6. The van der Waals surface area contributed by atoms with Crippen LogP contribution in [0.15, 0.2) is 24.3 Å². The number of benzene rings is 1. The summed E-state index contributed by atoms with van der Waals surface area (Å²) < 4.78 is 0. The first-order chi connectivity index (χ1) is 10.1. The second-order valence-corrected chi connectivity index (χ2v) is 5.80. The van der Waals surface area contributed by atoms with E-state index in [4.69, 9.17) is 11.0 Å². The number of carbonyl (C=O) groups excluding carboxylic acids is 1. The predicted octanol–water partition coefficient (Wildman–Crippen LogP) is 2.16. The monoisotopic (exact) mass is 285 g/mol. The topological polar surface area (TPSA) is 70.1 Å². The van der Waals surface area contributed by atoms with Gasteiger partial charge in [-0.05, 0) is 43.7 Å².